The van der Waals surface area contributed by atoms with E-state index in [4.69, 9.17) is 9.84 Å². The molecule has 108 valence electrons. The molecule has 0 radical (unpaired) electrons. The second-order valence-corrected chi connectivity index (χ2v) is 4.51. The molecule has 1 N–H and O–H groups in total. The number of aromatic carboxylic acids is 1. The van der Waals surface area contributed by atoms with Crippen LogP contribution in [-0.2, 0) is 0 Å². The Balaban J connectivity index is 2.36. The number of hydrogen-bond acceptors (Lipinski definition) is 6. The zero-order valence-electron chi connectivity index (χ0n) is 9.99. The van der Waals surface area contributed by atoms with Crippen molar-refractivity contribution in [1.82, 2.24) is 10.2 Å². The molecule has 0 unspecified atom stereocenters. The molecule has 8 nitrogen and oxygen atoms in total. The van der Waals surface area contributed by atoms with Crippen molar-refractivity contribution < 1.29 is 24.0 Å². The first-order valence-electron chi connectivity index (χ1n) is 5.27. The summed E-state index contributed by atoms with van der Waals surface area (Å²) in [5.74, 6) is -2.62. The Morgan fingerprint density at radius 1 is 1.38 bits per heavy atom. The lowest BCUT2D eigenvalue weighted by molar-refractivity contribution is -0.385. The number of ether oxygens (including phenoxy) is 1. The van der Waals surface area contributed by atoms with Gasteiger partial charge in [0.25, 0.3) is 0 Å². The Labute approximate surface area is 124 Å². The van der Waals surface area contributed by atoms with Gasteiger partial charge in [0.2, 0.25) is 11.6 Å². The van der Waals surface area contributed by atoms with E-state index in [1.807, 2.05) is 0 Å². The van der Waals surface area contributed by atoms with E-state index in [9.17, 15) is 19.3 Å². The van der Waals surface area contributed by atoms with E-state index in [1.165, 1.54) is 0 Å². The number of rotatable bonds is 4. The molecule has 1 heterocycles. The third-order valence-corrected chi connectivity index (χ3v) is 2.88. The second kappa shape index (κ2) is 5.79. The molecular formula is C11H5BrFN3O5. The Kier molecular flexibility index (Phi) is 4.08. The average molecular weight is 358 g/mol. The van der Waals surface area contributed by atoms with Crippen molar-refractivity contribution in [3.63, 3.8) is 0 Å². The summed E-state index contributed by atoms with van der Waals surface area (Å²) in [5.41, 5.74) is -0.800. The van der Waals surface area contributed by atoms with E-state index in [1.54, 1.807) is 0 Å². The fourth-order valence-electron chi connectivity index (χ4n) is 1.34. The van der Waals surface area contributed by atoms with Gasteiger partial charge in [-0.1, -0.05) is 0 Å². The van der Waals surface area contributed by atoms with E-state index in [2.05, 4.69) is 26.1 Å². The highest BCUT2D eigenvalue weighted by Crippen LogP contribution is 2.34. The van der Waals surface area contributed by atoms with Gasteiger partial charge in [0.1, 0.15) is 5.82 Å². The molecule has 0 aliphatic carbocycles. The number of nitro benzene ring substituents is 1. The van der Waals surface area contributed by atoms with Gasteiger partial charge in [-0.25, -0.2) is 9.18 Å². The van der Waals surface area contributed by atoms with Gasteiger partial charge in [-0.15, -0.1) is 10.2 Å². The van der Waals surface area contributed by atoms with E-state index < -0.39 is 22.4 Å². The first-order chi connectivity index (χ1) is 9.88. The lowest BCUT2D eigenvalue weighted by Crippen LogP contribution is -2.02. The SMILES string of the molecule is O=C(O)c1ccc(Oc2cc(F)c(Br)cc2[N+](=O)[O-])nn1. The zero-order chi connectivity index (χ0) is 15.6. The summed E-state index contributed by atoms with van der Waals surface area (Å²) in [6.07, 6.45) is 0. The standard InChI is InChI=1S/C11H5BrFN3O5/c12-5-3-8(16(19)20)9(4-6(5)13)21-10-2-1-7(11(17)18)14-15-10/h1-4H,(H,17,18). The van der Waals surface area contributed by atoms with Gasteiger partial charge in [-0.3, -0.25) is 10.1 Å². The van der Waals surface area contributed by atoms with Crippen LogP contribution in [0, 0.1) is 15.9 Å². The Morgan fingerprint density at radius 3 is 2.62 bits per heavy atom. The number of carboxylic acids is 1. The van der Waals surface area contributed by atoms with Crippen LogP contribution in [0.1, 0.15) is 10.5 Å². The average Bonchev–Trinajstić information content (AvgIpc) is 2.43. The molecule has 1 aromatic carbocycles. The predicted octanol–water partition coefficient (Wildman–Crippen LogP) is 2.78. The molecule has 0 bridgehead atoms. The van der Waals surface area contributed by atoms with Crippen LogP contribution in [0.15, 0.2) is 28.7 Å². The van der Waals surface area contributed by atoms with E-state index in [0.717, 1.165) is 24.3 Å². The topological polar surface area (TPSA) is 115 Å². The van der Waals surface area contributed by atoms with Gasteiger partial charge in [0.15, 0.2) is 5.69 Å². The van der Waals surface area contributed by atoms with Gasteiger partial charge in [-0.2, -0.15) is 0 Å². The molecule has 2 aromatic rings. The minimum atomic E-state index is -1.28. The van der Waals surface area contributed by atoms with E-state index >= 15 is 0 Å². The highest BCUT2D eigenvalue weighted by molar-refractivity contribution is 9.10. The van der Waals surface area contributed by atoms with Crippen LogP contribution in [-0.4, -0.2) is 26.2 Å². The molecule has 0 spiro atoms. The van der Waals surface area contributed by atoms with Crippen LogP contribution in [0.5, 0.6) is 11.6 Å². The van der Waals surface area contributed by atoms with Crippen molar-refractivity contribution in [1.29, 1.82) is 0 Å². The fourth-order valence-corrected chi connectivity index (χ4v) is 1.67. The van der Waals surface area contributed by atoms with Gasteiger partial charge < -0.3 is 9.84 Å². The van der Waals surface area contributed by atoms with Crippen LogP contribution in [0.2, 0.25) is 0 Å². The minimum Gasteiger partial charge on any atom is -0.476 e. The maximum absolute atomic E-state index is 13.4. The second-order valence-electron chi connectivity index (χ2n) is 3.66. The molecule has 0 saturated heterocycles. The van der Waals surface area contributed by atoms with Crippen LogP contribution in [0.25, 0.3) is 0 Å². The monoisotopic (exact) mass is 357 g/mol. The van der Waals surface area contributed by atoms with Crippen LogP contribution >= 0.6 is 15.9 Å². The third-order valence-electron chi connectivity index (χ3n) is 2.27. The van der Waals surface area contributed by atoms with Crippen LogP contribution < -0.4 is 4.74 Å². The lowest BCUT2D eigenvalue weighted by atomic mass is 10.3. The summed E-state index contributed by atoms with van der Waals surface area (Å²) in [6, 6.07) is 4.02. The Hall–Kier alpha value is -2.62. The number of halogens is 2. The summed E-state index contributed by atoms with van der Waals surface area (Å²) < 4.78 is 18.4. The molecule has 0 saturated carbocycles. The minimum absolute atomic E-state index is 0.0890. The molecule has 0 amide bonds. The predicted molar refractivity (Wildman–Crippen MR) is 69.8 cm³/mol. The Morgan fingerprint density at radius 2 is 2.10 bits per heavy atom. The smallest absolute Gasteiger partial charge is 0.356 e. The van der Waals surface area contributed by atoms with Gasteiger partial charge in [0.05, 0.1) is 9.40 Å². The van der Waals surface area contributed by atoms with Crippen molar-refractivity contribution in [2.75, 3.05) is 0 Å². The fraction of sp³-hybridized carbons (Fsp3) is 0. The molecule has 0 atom stereocenters. The molecular weight excluding hydrogens is 353 g/mol. The molecule has 2 rings (SSSR count). The van der Waals surface area contributed by atoms with Crippen LogP contribution in [0.3, 0.4) is 0 Å². The molecule has 21 heavy (non-hydrogen) atoms. The summed E-state index contributed by atoms with van der Waals surface area (Å²) in [5, 5.41) is 26.3. The van der Waals surface area contributed by atoms with Crippen LogP contribution in [0.4, 0.5) is 10.1 Å². The van der Waals surface area contributed by atoms with Gasteiger partial charge >= 0.3 is 11.7 Å². The molecule has 10 heteroatoms. The summed E-state index contributed by atoms with van der Waals surface area (Å²) >= 11 is 2.83. The number of carboxylic acid groups (broad SMARTS) is 1. The van der Waals surface area contributed by atoms with Crippen molar-refractivity contribution in [2.24, 2.45) is 0 Å². The summed E-state index contributed by atoms with van der Waals surface area (Å²) in [4.78, 5) is 20.7. The van der Waals surface area contributed by atoms with E-state index in [-0.39, 0.29) is 21.8 Å². The first-order valence-corrected chi connectivity index (χ1v) is 6.06. The van der Waals surface area contributed by atoms with E-state index in [0.29, 0.717) is 0 Å². The highest BCUT2D eigenvalue weighted by Gasteiger charge is 2.20. The third kappa shape index (κ3) is 3.28. The number of carbonyl (C=O) groups is 1. The number of hydrogen-bond donors (Lipinski definition) is 1. The molecule has 0 fully saturated rings. The Bertz CT molecular complexity index is 723. The highest BCUT2D eigenvalue weighted by atomic mass is 79.9. The summed E-state index contributed by atoms with van der Waals surface area (Å²) in [6.45, 7) is 0. The summed E-state index contributed by atoms with van der Waals surface area (Å²) in [7, 11) is 0. The van der Waals surface area contributed by atoms with Crippen molar-refractivity contribution in [3.8, 4) is 11.6 Å². The largest absolute Gasteiger partial charge is 0.476 e. The van der Waals surface area contributed by atoms with Crippen molar-refractivity contribution in [3.05, 3.63) is 50.4 Å². The number of benzene rings is 1. The molecule has 1 aromatic heterocycles. The number of nitro groups is 1. The zero-order valence-corrected chi connectivity index (χ0v) is 11.6. The maximum atomic E-state index is 13.4. The molecule has 0 aliphatic rings. The van der Waals surface area contributed by atoms with Gasteiger partial charge in [0, 0.05) is 18.2 Å². The van der Waals surface area contributed by atoms with Crippen molar-refractivity contribution >= 4 is 27.6 Å². The first kappa shape index (κ1) is 14.8. The molecule has 0 aliphatic heterocycles. The number of aromatic nitrogens is 2. The lowest BCUT2D eigenvalue weighted by Gasteiger charge is -2.06. The quantitative estimate of drug-likeness (QED) is 0.660. The van der Waals surface area contributed by atoms with Gasteiger partial charge in [-0.05, 0) is 22.0 Å². The normalized spacial score (nSPS) is 10.2. The number of nitrogens with zero attached hydrogens (tertiary/aromatic N) is 3. The van der Waals surface area contributed by atoms with Crippen molar-refractivity contribution in [2.45, 2.75) is 0 Å². The maximum Gasteiger partial charge on any atom is 0.356 e.